The van der Waals surface area contributed by atoms with Crippen LogP contribution in [0.2, 0.25) is 5.02 Å². The number of hydrogen-bond donors (Lipinski definition) is 0. The molecule has 0 atom stereocenters. The first-order valence-electron chi connectivity index (χ1n) is 9.33. The Morgan fingerprint density at radius 2 is 1.67 bits per heavy atom. The van der Waals surface area contributed by atoms with E-state index < -0.39 is 0 Å². The van der Waals surface area contributed by atoms with Gasteiger partial charge in [-0.05, 0) is 47.2 Å². The van der Waals surface area contributed by atoms with E-state index in [1.807, 2.05) is 54.6 Å². The average Bonchev–Trinajstić information content (AvgIpc) is 3.12. The van der Waals surface area contributed by atoms with E-state index in [2.05, 4.69) is 17.1 Å². The topological polar surface area (TPSA) is 38.7 Å². The third-order valence-electron chi connectivity index (χ3n) is 4.31. The number of nitrogens with zero attached hydrogens (tertiary/aromatic N) is 1. The number of rotatable bonds is 6. The maximum Gasteiger partial charge on any atom is 0.244 e. The summed E-state index contributed by atoms with van der Waals surface area (Å²) in [5.41, 5.74) is 3.40. The van der Waals surface area contributed by atoms with Crippen LogP contribution in [0.25, 0.3) is 6.08 Å². The predicted octanol–water partition coefficient (Wildman–Crippen LogP) is 6.82. The van der Waals surface area contributed by atoms with Crippen LogP contribution in [-0.4, -0.2) is 9.49 Å². The summed E-state index contributed by atoms with van der Waals surface area (Å²) in [5.74, 6) is 1.43. The fourth-order valence-corrected chi connectivity index (χ4v) is 4.79. The number of carbonyl (C=O) groups is 1. The SMILES string of the molecule is O=C1SC(SCc2ccccc2)=N/C1=C\c1cc(Cl)ccc1OCc1ccccc1. The number of carbonyl (C=O) groups excluding carboxylic acids is 1. The van der Waals surface area contributed by atoms with Crippen molar-refractivity contribution in [2.24, 2.45) is 4.99 Å². The molecule has 4 rings (SSSR count). The molecule has 0 radical (unpaired) electrons. The van der Waals surface area contributed by atoms with Crippen LogP contribution < -0.4 is 4.74 Å². The molecule has 1 heterocycles. The molecule has 0 aliphatic carbocycles. The molecule has 150 valence electrons. The fourth-order valence-electron chi connectivity index (χ4n) is 2.82. The van der Waals surface area contributed by atoms with Gasteiger partial charge in [0.25, 0.3) is 0 Å². The average molecular weight is 452 g/mol. The van der Waals surface area contributed by atoms with Crippen LogP contribution in [0.15, 0.2) is 89.6 Å². The molecular weight excluding hydrogens is 434 g/mol. The molecule has 0 saturated carbocycles. The van der Waals surface area contributed by atoms with Crippen molar-refractivity contribution >= 4 is 50.7 Å². The highest BCUT2D eigenvalue weighted by molar-refractivity contribution is 8.45. The highest BCUT2D eigenvalue weighted by atomic mass is 35.5. The summed E-state index contributed by atoms with van der Waals surface area (Å²) in [6.07, 6.45) is 1.75. The minimum Gasteiger partial charge on any atom is -0.488 e. The Balaban J connectivity index is 1.50. The van der Waals surface area contributed by atoms with Gasteiger partial charge in [0.1, 0.15) is 22.4 Å². The van der Waals surface area contributed by atoms with Crippen molar-refractivity contribution in [3.8, 4) is 5.75 Å². The number of thioether (sulfide) groups is 2. The lowest BCUT2D eigenvalue weighted by molar-refractivity contribution is -0.107. The standard InChI is InChI=1S/C24H18ClNO2S2/c25-20-11-12-22(28-15-17-7-3-1-4-8-17)19(13-20)14-21-23(27)30-24(26-21)29-16-18-9-5-2-6-10-18/h1-14H,15-16H2/b21-14-. The van der Waals surface area contributed by atoms with Gasteiger partial charge in [0.15, 0.2) is 0 Å². The van der Waals surface area contributed by atoms with Crippen molar-refractivity contribution in [2.75, 3.05) is 0 Å². The summed E-state index contributed by atoms with van der Waals surface area (Å²) in [5, 5.41) is 0.509. The minimum atomic E-state index is -0.0699. The van der Waals surface area contributed by atoms with Crippen molar-refractivity contribution in [3.63, 3.8) is 0 Å². The fraction of sp³-hybridized carbons (Fsp3) is 0.0833. The Hall–Kier alpha value is -2.47. The van der Waals surface area contributed by atoms with Crippen molar-refractivity contribution in [1.82, 2.24) is 0 Å². The molecule has 1 aliphatic heterocycles. The molecule has 0 N–H and O–H groups in total. The Kier molecular flexibility index (Phi) is 6.95. The van der Waals surface area contributed by atoms with E-state index >= 15 is 0 Å². The Morgan fingerprint density at radius 3 is 2.40 bits per heavy atom. The summed E-state index contributed by atoms with van der Waals surface area (Å²) in [7, 11) is 0. The normalized spacial score (nSPS) is 14.8. The number of aliphatic imine (C=N–C) groups is 1. The summed E-state index contributed by atoms with van der Waals surface area (Å²) in [6.45, 7) is 0.433. The molecule has 0 saturated heterocycles. The molecule has 30 heavy (non-hydrogen) atoms. The molecule has 0 fully saturated rings. The van der Waals surface area contributed by atoms with E-state index in [9.17, 15) is 4.79 Å². The maximum absolute atomic E-state index is 12.5. The maximum atomic E-state index is 12.5. The van der Waals surface area contributed by atoms with Gasteiger partial charge in [0.05, 0.1) is 0 Å². The van der Waals surface area contributed by atoms with Gasteiger partial charge in [-0.1, -0.05) is 84.0 Å². The summed E-state index contributed by atoms with van der Waals surface area (Å²) in [4.78, 5) is 17.0. The van der Waals surface area contributed by atoms with Gasteiger partial charge in [-0.25, -0.2) is 4.99 Å². The van der Waals surface area contributed by atoms with Crippen LogP contribution in [0.1, 0.15) is 16.7 Å². The zero-order chi connectivity index (χ0) is 20.8. The second-order valence-corrected chi connectivity index (χ2v) is 9.15. The van der Waals surface area contributed by atoms with E-state index in [1.54, 1.807) is 30.0 Å². The highest BCUT2D eigenvalue weighted by Crippen LogP contribution is 2.34. The van der Waals surface area contributed by atoms with Gasteiger partial charge in [-0.3, -0.25) is 4.79 Å². The first kappa shape index (κ1) is 20.8. The molecule has 0 spiro atoms. The van der Waals surface area contributed by atoms with Gasteiger partial charge in [-0.2, -0.15) is 0 Å². The molecule has 3 aromatic carbocycles. The molecule has 6 heteroatoms. The lowest BCUT2D eigenvalue weighted by Crippen LogP contribution is -1.97. The predicted molar refractivity (Wildman–Crippen MR) is 128 cm³/mol. The largest absolute Gasteiger partial charge is 0.488 e. The van der Waals surface area contributed by atoms with Crippen molar-refractivity contribution in [1.29, 1.82) is 0 Å². The number of hydrogen-bond acceptors (Lipinski definition) is 5. The van der Waals surface area contributed by atoms with Crippen LogP contribution in [0, 0.1) is 0 Å². The third-order valence-corrected chi connectivity index (χ3v) is 6.62. The third kappa shape index (κ3) is 5.57. The summed E-state index contributed by atoms with van der Waals surface area (Å²) in [6, 6.07) is 25.4. The monoisotopic (exact) mass is 451 g/mol. The Bertz CT molecular complexity index is 1100. The number of benzene rings is 3. The molecule has 0 unspecified atom stereocenters. The van der Waals surface area contributed by atoms with Crippen molar-refractivity contribution in [3.05, 3.63) is 106 Å². The highest BCUT2D eigenvalue weighted by Gasteiger charge is 2.23. The lowest BCUT2D eigenvalue weighted by Gasteiger charge is -2.10. The van der Waals surface area contributed by atoms with Gasteiger partial charge >= 0.3 is 0 Å². The first-order chi connectivity index (χ1) is 14.7. The zero-order valence-corrected chi connectivity index (χ0v) is 18.3. The molecule has 3 aromatic rings. The quantitative estimate of drug-likeness (QED) is 0.385. The van der Waals surface area contributed by atoms with Crippen LogP contribution >= 0.6 is 35.1 Å². The van der Waals surface area contributed by atoms with Gasteiger partial charge in [0, 0.05) is 16.3 Å². The molecule has 1 aliphatic rings. The molecule has 0 bridgehead atoms. The minimum absolute atomic E-state index is 0.0699. The molecule has 0 amide bonds. The Labute approximate surface area is 189 Å². The van der Waals surface area contributed by atoms with Crippen LogP contribution in [-0.2, 0) is 17.2 Å². The molecular formula is C24H18ClNO2S2. The number of ether oxygens (including phenoxy) is 1. The second kappa shape index (κ2) is 10.0. The first-order valence-corrected chi connectivity index (χ1v) is 11.5. The van der Waals surface area contributed by atoms with E-state index in [1.165, 1.54) is 5.56 Å². The van der Waals surface area contributed by atoms with Gasteiger partial charge in [-0.15, -0.1) is 0 Å². The zero-order valence-electron chi connectivity index (χ0n) is 16.0. The molecule has 3 nitrogen and oxygen atoms in total. The second-order valence-electron chi connectivity index (χ2n) is 6.53. The van der Waals surface area contributed by atoms with Crippen molar-refractivity contribution < 1.29 is 9.53 Å². The smallest absolute Gasteiger partial charge is 0.244 e. The number of halogens is 1. The Morgan fingerprint density at radius 1 is 0.967 bits per heavy atom. The van der Waals surface area contributed by atoms with Crippen LogP contribution in [0.4, 0.5) is 0 Å². The summed E-state index contributed by atoms with van der Waals surface area (Å²) >= 11 is 8.92. The van der Waals surface area contributed by atoms with Crippen molar-refractivity contribution in [2.45, 2.75) is 12.4 Å². The summed E-state index contributed by atoms with van der Waals surface area (Å²) < 4.78 is 6.73. The van der Waals surface area contributed by atoms with Crippen LogP contribution in [0.5, 0.6) is 5.75 Å². The van der Waals surface area contributed by atoms with E-state index in [0.29, 0.717) is 23.1 Å². The van der Waals surface area contributed by atoms with E-state index in [4.69, 9.17) is 16.3 Å². The van der Waals surface area contributed by atoms with Gasteiger partial charge in [0.2, 0.25) is 5.12 Å². The lowest BCUT2D eigenvalue weighted by atomic mass is 10.1. The van der Waals surface area contributed by atoms with E-state index in [0.717, 1.165) is 33.0 Å². The van der Waals surface area contributed by atoms with Crippen LogP contribution in [0.3, 0.4) is 0 Å². The van der Waals surface area contributed by atoms with E-state index in [-0.39, 0.29) is 5.12 Å². The van der Waals surface area contributed by atoms with Gasteiger partial charge < -0.3 is 4.74 Å². The molecule has 0 aromatic heterocycles.